The molecule has 1 aliphatic rings. The maximum Gasteiger partial charge on any atom is 0.268 e. The third-order valence-electron chi connectivity index (χ3n) is 2.68. The monoisotopic (exact) mass is 249 g/mol. The zero-order chi connectivity index (χ0) is 12.4. The summed E-state index contributed by atoms with van der Waals surface area (Å²) in [7, 11) is 0. The lowest BCUT2D eigenvalue weighted by Crippen LogP contribution is -2.45. The second-order valence-corrected chi connectivity index (χ2v) is 4.38. The van der Waals surface area contributed by atoms with E-state index in [4.69, 9.17) is 4.74 Å². The first-order chi connectivity index (χ1) is 8.13. The van der Waals surface area contributed by atoms with Crippen molar-refractivity contribution < 1.29 is 9.53 Å². The number of anilines is 1. The Morgan fingerprint density at radius 1 is 1.53 bits per heavy atom. The highest BCUT2D eigenvalue weighted by Gasteiger charge is 2.31. The summed E-state index contributed by atoms with van der Waals surface area (Å²) in [5.41, 5.74) is 1.71. The zero-order valence-corrected chi connectivity index (χ0v) is 10.6. The first-order valence-corrected chi connectivity index (χ1v) is 6.11. The van der Waals surface area contributed by atoms with Gasteiger partial charge in [0, 0.05) is 12.3 Å². The molecular weight excluding hydrogens is 234 g/mol. The van der Waals surface area contributed by atoms with Crippen molar-refractivity contribution >= 4 is 24.2 Å². The molecule has 0 saturated heterocycles. The van der Waals surface area contributed by atoms with Crippen LogP contribution in [0.1, 0.15) is 6.92 Å². The summed E-state index contributed by atoms with van der Waals surface area (Å²) in [6, 6.07) is 7.54. The molecule has 0 radical (unpaired) electrons. The van der Waals surface area contributed by atoms with Gasteiger partial charge in [-0.2, -0.15) is 12.6 Å². The van der Waals surface area contributed by atoms with Crippen LogP contribution in [0.3, 0.4) is 0 Å². The predicted octanol–water partition coefficient (Wildman–Crippen LogP) is 2.29. The lowest BCUT2D eigenvalue weighted by atomic mass is 10.1. The molecule has 3 nitrogen and oxygen atoms in total. The number of fused-ring (bicyclic) bond motifs is 1. The first kappa shape index (κ1) is 12.0. The number of rotatable bonds is 3. The molecule has 4 heteroatoms. The average molecular weight is 249 g/mol. The second kappa shape index (κ2) is 4.84. The van der Waals surface area contributed by atoms with Gasteiger partial charge in [-0.25, -0.2) is 0 Å². The molecule has 0 N–H and O–H groups in total. The molecule has 2 rings (SSSR count). The van der Waals surface area contributed by atoms with Gasteiger partial charge < -0.3 is 9.64 Å². The minimum Gasteiger partial charge on any atom is -0.479 e. The third kappa shape index (κ3) is 2.31. The number of amides is 1. The van der Waals surface area contributed by atoms with Crippen molar-refractivity contribution in [2.24, 2.45) is 0 Å². The van der Waals surface area contributed by atoms with Crippen LogP contribution in [-0.2, 0) is 4.79 Å². The summed E-state index contributed by atoms with van der Waals surface area (Å²) in [6.45, 7) is 6.14. The van der Waals surface area contributed by atoms with Gasteiger partial charge in [0.25, 0.3) is 5.91 Å². The largest absolute Gasteiger partial charge is 0.479 e. The molecule has 1 aliphatic heterocycles. The number of thiol groups is 1. The summed E-state index contributed by atoms with van der Waals surface area (Å²) in [4.78, 5) is 13.8. The van der Waals surface area contributed by atoms with Gasteiger partial charge in [-0.1, -0.05) is 18.7 Å². The van der Waals surface area contributed by atoms with Crippen molar-refractivity contribution in [1.82, 2.24) is 0 Å². The van der Waals surface area contributed by atoms with Crippen molar-refractivity contribution in [1.29, 1.82) is 0 Å². The number of para-hydroxylation sites is 2. The molecule has 90 valence electrons. The minimum atomic E-state index is -0.447. The van der Waals surface area contributed by atoms with Crippen molar-refractivity contribution in [3.8, 4) is 5.75 Å². The smallest absolute Gasteiger partial charge is 0.268 e. The van der Waals surface area contributed by atoms with Gasteiger partial charge in [0.15, 0.2) is 6.10 Å². The summed E-state index contributed by atoms with van der Waals surface area (Å²) in [5, 5.41) is 0. The van der Waals surface area contributed by atoms with E-state index < -0.39 is 6.10 Å². The Hall–Kier alpha value is -1.42. The van der Waals surface area contributed by atoms with E-state index in [1.807, 2.05) is 24.3 Å². The number of hydrogen-bond acceptors (Lipinski definition) is 3. The maximum atomic E-state index is 12.1. The van der Waals surface area contributed by atoms with Crippen LogP contribution in [0.15, 0.2) is 36.4 Å². The van der Waals surface area contributed by atoms with Gasteiger partial charge in [0.05, 0.1) is 5.69 Å². The molecule has 1 atom stereocenters. The van der Waals surface area contributed by atoms with Gasteiger partial charge in [0.2, 0.25) is 0 Å². The Bertz CT molecular complexity index is 458. The Kier molecular flexibility index (Phi) is 3.43. The molecule has 1 heterocycles. The van der Waals surface area contributed by atoms with E-state index in [9.17, 15) is 4.79 Å². The Morgan fingerprint density at radius 3 is 2.94 bits per heavy atom. The van der Waals surface area contributed by atoms with Crippen molar-refractivity contribution in [3.63, 3.8) is 0 Å². The van der Waals surface area contributed by atoms with Crippen LogP contribution in [0.5, 0.6) is 5.75 Å². The summed E-state index contributed by atoms with van der Waals surface area (Å²) >= 11 is 4.17. The van der Waals surface area contributed by atoms with E-state index in [0.717, 1.165) is 17.0 Å². The SMILES string of the molecule is C=C(CS)CN1C(=O)C(C)Oc2ccccc21. The molecule has 0 bridgehead atoms. The number of carbonyl (C=O) groups excluding carboxylic acids is 1. The fourth-order valence-corrected chi connectivity index (χ4v) is 1.90. The van der Waals surface area contributed by atoms with Crippen LogP contribution in [0.25, 0.3) is 0 Å². The molecular formula is C13H15NO2S. The topological polar surface area (TPSA) is 29.5 Å². The fourth-order valence-electron chi connectivity index (χ4n) is 1.80. The summed E-state index contributed by atoms with van der Waals surface area (Å²) in [6.07, 6.45) is -0.447. The van der Waals surface area contributed by atoms with E-state index in [1.54, 1.807) is 11.8 Å². The maximum absolute atomic E-state index is 12.1. The molecule has 0 aliphatic carbocycles. The van der Waals surface area contributed by atoms with E-state index in [2.05, 4.69) is 19.2 Å². The minimum absolute atomic E-state index is 0.0355. The normalized spacial score (nSPS) is 18.6. The third-order valence-corrected chi connectivity index (χ3v) is 3.13. The highest BCUT2D eigenvalue weighted by Crippen LogP contribution is 2.33. The summed E-state index contributed by atoms with van der Waals surface area (Å²) < 4.78 is 5.55. The van der Waals surface area contributed by atoms with Crippen LogP contribution in [0.4, 0.5) is 5.69 Å². The molecule has 0 fully saturated rings. The molecule has 0 aromatic heterocycles. The van der Waals surface area contributed by atoms with Crippen molar-refractivity contribution in [2.45, 2.75) is 13.0 Å². The van der Waals surface area contributed by atoms with E-state index in [1.165, 1.54) is 0 Å². The average Bonchev–Trinajstić information content (AvgIpc) is 2.34. The zero-order valence-electron chi connectivity index (χ0n) is 9.72. The van der Waals surface area contributed by atoms with Crippen LogP contribution in [0.2, 0.25) is 0 Å². The Balaban J connectivity index is 2.35. The van der Waals surface area contributed by atoms with Gasteiger partial charge in [-0.3, -0.25) is 4.79 Å². The number of nitrogens with zero attached hydrogens (tertiary/aromatic N) is 1. The Labute approximate surface area is 106 Å². The fraction of sp³-hybridized carbons (Fsp3) is 0.308. The number of ether oxygens (including phenoxy) is 1. The first-order valence-electron chi connectivity index (χ1n) is 5.48. The van der Waals surface area contributed by atoms with Crippen LogP contribution in [-0.4, -0.2) is 24.3 Å². The van der Waals surface area contributed by atoms with Gasteiger partial charge >= 0.3 is 0 Å². The standard InChI is InChI=1S/C13H15NO2S/c1-9(8-17)7-14-11-5-3-4-6-12(11)16-10(2)13(14)15/h3-6,10,17H,1,7-8H2,2H3. The number of benzene rings is 1. The molecule has 1 aromatic carbocycles. The number of hydrogen-bond donors (Lipinski definition) is 1. The highest BCUT2D eigenvalue weighted by molar-refractivity contribution is 7.80. The number of carbonyl (C=O) groups is 1. The van der Waals surface area contributed by atoms with Gasteiger partial charge in [0.1, 0.15) is 5.75 Å². The lowest BCUT2D eigenvalue weighted by molar-refractivity contribution is -0.125. The highest BCUT2D eigenvalue weighted by atomic mass is 32.1. The second-order valence-electron chi connectivity index (χ2n) is 4.06. The molecule has 1 amide bonds. The molecule has 0 spiro atoms. The lowest BCUT2D eigenvalue weighted by Gasteiger charge is -2.33. The predicted molar refractivity (Wildman–Crippen MR) is 71.9 cm³/mol. The van der Waals surface area contributed by atoms with Crippen LogP contribution >= 0.6 is 12.6 Å². The van der Waals surface area contributed by atoms with Gasteiger partial charge in [-0.05, 0) is 24.6 Å². The van der Waals surface area contributed by atoms with E-state index in [-0.39, 0.29) is 5.91 Å². The molecule has 17 heavy (non-hydrogen) atoms. The quantitative estimate of drug-likeness (QED) is 0.658. The molecule has 1 aromatic rings. The van der Waals surface area contributed by atoms with Crippen molar-refractivity contribution in [3.05, 3.63) is 36.4 Å². The molecule has 0 saturated carbocycles. The van der Waals surface area contributed by atoms with Crippen LogP contribution < -0.4 is 9.64 Å². The van der Waals surface area contributed by atoms with Crippen LogP contribution in [0, 0.1) is 0 Å². The van der Waals surface area contributed by atoms with E-state index >= 15 is 0 Å². The van der Waals surface area contributed by atoms with Crippen molar-refractivity contribution in [2.75, 3.05) is 17.2 Å². The molecule has 1 unspecified atom stereocenters. The van der Waals surface area contributed by atoms with E-state index in [0.29, 0.717) is 12.3 Å². The van der Waals surface area contributed by atoms with Gasteiger partial charge in [-0.15, -0.1) is 0 Å². The summed E-state index contributed by atoms with van der Waals surface area (Å²) in [5.74, 6) is 1.28. The Morgan fingerprint density at radius 2 is 2.24 bits per heavy atom.